The molecule has 184 valence electrons. The van der Waals surface area contributed by atoms with E-state index in [4.69, 9.17) is 4.74 Å². The molecule has 0 bridgehead atoms. The first-order valence-corrected chi connectivity index (χ1v) is 11.6. The first kappa shape index (κ1) is 24.7. The van der Waals surface area contributed by atoms with E-state index in [1.54, 1.807) is 18.3 Å². The summed E-state index contributed by atoms with van der Waals surface area (Å²) in [4.78, 5) is 44.9. The van der Waals surface area contributed by atoms with Gasteiger partial charge in [0, 0.05) is 43.6 Å². The molecular formula is C27H26N4O5. The number of para-hydroxylation sites is 1. The van der Waals surface area contributed by atoms with Crippen molar-refractivity contribution >= 4 is 23.3 Å². The molecule has 0 saturated carbocycles. The molecule has 9 heteroatoms. The maximum absolute atomic E-state index is 12.6. The summed E-state index contributed by atoms with van der Waals surface area (Å²) in [7, 11) is 0. The van der Waals surface area contributed by atoms with E-state index in [-0.39, 0.29) is 13.2 Å². The fourth-order valence-electron chi connectivity index (χ4n) is 3.70. The average molecular weight is 487 g/mol. The number of piperazine rings is 1. The lowest BCUT2D eigenvalue weighted by Gasteiger charge is -2.35. The number of aliphatic hydroxyl groups is 1. The van der Waals surface area contributed by atoms with Gasteiger partial charge in [0.25, 0.3) is 17.6 Å². The first-order valence-electron chi connectivity index (χ1n) is 11.6. The summed E-state index contributed by atoms with van der Waals surface area (Å²) >= 11 is 0. The van der Waals surface area contributed by atoms with Crippen LogP contribution in [0.4, 0.5) is 5.69 Å². The van der Waals surface area contributed by atoms with Crippen molar-refractivity contribution in [1.29, 1.82) is 0 Å². The Morgan fingerprint density at radius 1 is 0.972 bits per heavy atom. The maximum atomic E-state index is 12.6. The fraction of sp³-hybridized carbons (Fsp3) is 0.259. The van der Waals surface area contributed by atoms with Gasteiger partial charge in [0.05, 0.1) is 12.2 Å². The van der Waals surface area contributed by atoms with Crippen LogP contribution in [0.3, 0.4) is 0 Å². The topological polar surface area (TPSA) is 112 Å². The monoisotopic (exact) mass is 486 g/mol. The van der Waals surface area contributed by atoms with Crippen LogP contribution in [0.25, 0.3) is 0 Å². The number of benzene rings is 1. The minimum atomic E-state index is -2.07. The third-order valence-electron chi connectivity index (χ3n) is 5.73. The molecule has 1 atom stereocenters. The molecule has 1 aliphatic heterocycles. The summed E-state index contributed by atoms with van der Waals surface area (Å²) in [6.07, 6.45) is -0.395. The summed E-state index contributed by atoms with van der Waals surface area (Å²) in [5.74, 6) is -2.49. The Kier molecular flexibility index (Phi) is 8.11. The zero-order valence-electron chi connectivity index (χ0n) is 19.6. The van der Waals surface area contributed by atoms with Crippen LogP contribution in [0.1, 0.15) is 11.3 Å². The van der Waals surface area contributed by atoms with Gasteiger partial charge in [-0.2, -0.15) is 0 Å². The van der Waals surface area contributed by atoms with E-state index in [2.05, 4.69) is 27.3 Å². The minimum absolute atomic E-state index is 0.00410. The molecule has 1 aliphatic rings. The molecule has 0 radical (unpaired) electrons. The van der Waals surface area contributed by atoms with Gasteiger partial charge < -0.3 is 25.0 Å². The van der Waals surface area contributed by atoms with Crippen LogP contribution >= 0.6 is 0 Å². The highest BCUT2D eigenvalue weighted by Crippen LogP contribution is 2.16. The number of aliphatic hydroxyl groups excluding tert-OH is 1. The normalized spacial score (nSPS) is 13.9. The quantitative estimate of drug-likeness (QED) is 0.345. The van der Waals surface area contributed by atoms with Gasteiger partial charge in [-0.3, -0.25) is 19.4 Å². The van der Waals surface area contributed by atoms with E-state index >= 15 is 0 Å². The van der Waals surface area contributed by atoms with Gasteiger partial charge in [0.2, 0.25) is 6.10 Å². The number of ketones is 1. The summed E-state index contributed by atoms with van der Waals surface area (Å²) < 4.78 is 5.59. The smallest absolute Gasteiger partial charge is 0.293 e. The molecule has 9 nitrogen and oxygen atoms in total. The van der Waals surface area contributed by atoms with Crippen LogP contribution in [0.15, 0.2) is 66.9 Å². The number of carbonyl (C=O) groups excluding carboxylic acids is 3. The zero-order chi connectivity index (χ0) is 25.3. The van der Waals surface area contributed by atoms with Crippen LogP contribution in [0.2, 0.25) is 0 Å². The molecule has 1 fully saturated rings. The molecular weight excluding hydrogens is 460 g/mol. The van der Waals surface area contributed by atoms with Gasteiger partial charge >= 0.3 is 0 Å². The van der Waals surface area contributed by atoms with E-state index in [1.807, 2.05) is 48.5 Å². The third-order valence-corrected chi connectivity index (χ3v) is 5.73. The lowest BCUT2D eigenvalue weighted by atomic mass is 10.1. The Labute approximate surface area is 209 Å². The summed E-state index contributed by atoms with van der Waals surface area (Å²) in [5.41, 5.74) is 2.38. The Morgan fingerprint density at radius 2 is 1.72 bits per heavy atom. The van der Waals surface area contributed by atoms with Crippen molar-refractivity contribution in [1.82, 2.24) is 15.2 Å². The van der Waals surface area contributed by atoms with Gasteiger partial charge in [-0.25, -0.2) is 0 Å². The summed E-state index contributed by atoms with van der Waals surface area (Å²) in [5, 5.41) is 12.6. The SMILES string of the molecule is O=C(NCc1c#cc(OCc2ccccn2)cc1)[C@H](O)C(=O)C(=O)N1CCN(c2ccccc2)CC1. The summed E-state index contributed by atoms with van der Waals surface area (Å²) in [6, 6.07) is 24.3. The first-order chi connectivity index (χ1) is 17.5. The van der Waals surface area contributed by atoms with Gasteiger partial charge in [-0.1, -0.05) is 30.3 Å². The van der Waals surface area contributed by atoms with Crippen molar-refractivity contribution in [2.75, 3.05) is 31.1 Å². The third kappa shape index (κ3) is 6.37. The largest absolute Gasteiger partial charge is 0.479 e. The second-order valence-electron chi connectivity index (χ2n) is 8.18. The number of amides is 2. The van der Waals surface area contributed by atoms with E-state index < -0.39 is 23.7 Å². The molecule has 2 N–H and O–H groups in total. The number of nitrogens with zero attached hydrogens (tertiary/aromatic N) is 3. The molecule has 2 aromatic carbocycles. The van der Waals surface area contributed by atoms with Gasteiger partial charge in [0.15, 0.2) is 5.75 Å². The molecule has 1 aromatic heterocycles. The molecule has 36 heavy (non-hydrogen) atoms. The lowest BCUT2D eigenvalue weighted by molar-refractivity contribution is -0.153. The average Bonchev–Trinajstić information content (AvgIpc) is 2.95. The highest BCUT2D eigenvalue weighted by molar-refractivity contribution is 6.41. The molecule has 2 amide bonds. The summed E-state index contributed by atoms with van der Waals surface area (Å²) in [6.45, 7) is 2.05. The van der Waals surface area contributed by atoms with Crippen LogP contribution < -0.4 is 15.0 Å². The molecule has 0 spiro atoms. The number of Topliss-reactive ketones (excluding diaryl/α,β-unsaturated/α-hetero) is 1. The molecule has 1 saturated heterocycles. The van der Waals surface area contributed by atoms with Gasteiger partial charge in [0.1, 0.15) is 6.61 Å². The minimum Gasteiger partial charge on any atom is -0.479 e. The number of hydrogen-bond donors (Lipinski definition) is 2. The molecule has 4 rings (SSSR count). The number of hydrogen-bond acceptors (Lipinski definition) is 7. The van der Waals surface area contributed by atoms with Crippen molar-refractivity contribution in [3.8, 4) is 5.75 Å². The van der Waals surface area contributed by atoms with Crippen LogP contribution in [-0.2, 0) is 27.5 Å². The van der Waals surface area contributed by atoms with Gasteiger partial charge in [-0.05, 0) is 42.5 Å². The number of nitrogens with one attached hydrogen (secondary N) is 1. The van der Waals surface area contributed by atoms with Crippen LogP contribution in [0, 0.1) is 12.1 Å². The second kappa shape index (κ2) is 11.8. The predicted octanol–water partition coefficient (Wildman–Crippen LogP) is 1.16. The van der Waals surface area contributed by atoms with E-state index in [1.165, 1.54) is 4.90 Å². The van der Waals surface area contributed by atoms with E-state index in [0.29, 0.717) is 37.5 Å². The maximum Gasteiger partial charge on any atom is 0.293 e. The Bertz CT molecular complexity index is 1160. The van der Waals surface area contributed by atoms with Crippen molar-refractivity contribution in [3.63, 3.8) is 0 Å². The number of ether oxygens (including phenoxy) is 1. The van der Waals surface area contributed by atoms with Crippen molar-refractivity contribution in [2.45, 2.75) is 19.3 Å². The predicted molar refractivity (Wildman–Crippen MR) is 131 cm³/mol. The van der Waals surface area contributed by atoms with E-state index in [9.17, 15) is 19.5 Å². The number of carbonyl (C=O) groups is 3. The number of aromatic nitrogens is 1. The fourth-order valence-corrected chi connectivity index (χ4v) is 3.70. The Morgan fingerprint density at radius 3 is 2.39 bits per heavy atom. The molecule has 3 aromatic rings. The van der Waals surface area contributed by atoms with Crippen molar-refractivity contribution < 1.29 is 24.2 Å². The highest BCUT2D eigenvalue weighted by Gasteiger charge is 2.34. The molecule has 0 unspecified atom stereocenters. The lowest BCUT2D eigenvalue weighted by Crippen LogP contribution is -2.54. The standard InChI is InChI=1S/C27H26N4O5/c32-24(25(33)27(35)31-16-14-30(15-17-31)22-7-2-1-3-8-22)26(34)29-18-20-9-11-23(12-10-20)36-19-21-6-4-5-13-28-21/h1-9,11,13,24,32H,14-19H2,(H,29,34)/t24-/m1/s1. The number of rotatable bonds is 9. The van der Waals surface area contributed by atoms with E-state index in [0.717, 1.165) is 11.4 Å². The molecule has 0 aliphatic carbocycles. The highest BCUT2D eigenvalue weighted by atomic mass is 16.5. The van der Waals surface area contributed by atoms with Crippen molar-refractivity contribution in [3.05, 3.63) is 90.3 Å². The van der Waals surface area contributed by atoms with Crippen LogP contribution in [-0.4, -0.2) is 64.9 Å². The molecule has 2 heterocycles. The second-order valence-corrected chi connectivity index (χ2v) is 8.18. The van der Waals surface area contributed by atoms with Gasteiger partial charge in [-0.15, -0.1) is 0 Å². The van der Waals surface area contributed by atoms with Crippen LogP contribution in [0.5, 0.6) is 5.75 Å². The number of anilines is 1. The zero-order valence-corrected chi connectivity index (χ0v) is 19.6. The van der Waals surface area contributed by atoms with Crippen molar-refractivity contribution in [2.24, 2.45) is 0 Å². The number of pyridine rings is 1. The Hall–Kier alpha value is -4.42. The Balaban J connectivity index is 1.21.